The van der Waals surface area contributed by atoms with Gasteiger partial charge in [0, 0.05) is 12.2 Å². The molecule has 0 aliphatic rings. The number of hydrogen-bond acceptors (Lipinski definition) is 3. The Kier molecular flexibility index (Phi) is 6.76. The van der Waals surface area contributed by atoms with Crippen molar-refractivity contribution in [3.8, 4) is 5.75 Å². The molecular formula is C15H24O3. The lowest BCUT2D eigenvalue weighted by Crippen LogP contribution is -2.22. The number of rotatable bonds is 8. The van der Waals surface area contributed by atoms with Crippen LogP contribution < -0.4 is 4.74 Å². The largest absolute Gasteiger partial charge is 0.493 e. The molecule has 0 heterocycles. The quantitative estimate of drug-likeness (QED) is 0.771. The van der Waals surface area contributed by atoms with Crippen molar-refractivity contribution in [3.05, 3.63) is 29.8 Å². The van der Waals surface area contributed by atoms with Crippen LogP contribution in [0, 0.1) is 0 Å². The highest BCUT2D eigenvalue weighted by Gasteiger charge is 2.23. The molecule has 18 heavy (non-hydrogen) atoms. The zero-order valence-corrected chi connectivity index (χ0v) is 11.6. The van der Waals surface area contributed by atoms with E-state index in [1.165, 1.54) is 0 Å². The first-order chi connectivity index (χ1) is 8.74. The van der Waals surface area contributed by atoms with Gasteiger partial charge in [-0.25, -0.2) is 0 Å². The smallest absolute Gasteiger partial charge is 0.125 e. The molecule has 1 aromatic carbocycles. The van der Waals surface area contributed by atoms with Crippen LogP contribution in [0.2, 0.25) is 0 Å². The molecule has 0 aromatic heterocycles. The Morgan fingerprint density at radius 1 is 1.11 bits per heavy atom. The molecule has 0 saturated heterocycles. The van der Waals surface area contributed by atoms with Crippen molar-refractivity contribution in [2.45, 2.75) is 45.8 Å². The lowest BCUT2D eigenvalue weighted by molar-refractivity contribution is -0.0393. The molecule has 102 valence electrons. The molecule has 0 saturated carbocycles. The van der Waals surface area contributed by atoms with Crippen LogP contribution in [0.4, 0.5) is 0 Å². The van der Waals surface area contributed by atoms with E-state index in [9.17, 15) is 5.11 Å². The van der Waals surface area contributed by atoms with Gasteiger partial charge >= 0.3 is 0 Å². The van der Waals surface area contributed by atoms with Crippen LogP contribution in [0.3, 0.4) is 0 Å². The molecule has 1 aromatic rings. The maximum atomic E-state index is 10.4. The van der Waals surface area contributed by atoms with E-state index in [0.717, 1.165) is 24.2 Å². The first-order valence-electron chi connectivity index (χ1n) is 6.75. The van der Waals surface area contributed by atoms with Gasteiger partial charge in [-0.3, -0.25) is 0 Å². The number of para-hydroxylation sites is 1. The van der Waals surface area contributed by atoms with Crippen LogP contribution in [0.5, 0.6) is 5.75 Å². The minimum atomic E-state index is -0.632. The van der Waals surface area contributed by atoms with Gasteiger partial charge in [-0.1, -0.05) is 31.5 Å². The lowest BCUT2D eigenvalue weighted by atomic mass is 10.00. The molecular weight excluding hydrogens is 228 g/mol. The predicted octanol–water partition coefficient (Wildman–Crippen LogP) is 3.32. The van der Waals surface area contributed by atoms with Gasteiger partial charge in [0.2, 0.25) is 0 Å². The van der Waals surface area contributed by atoms with Gasteiger partial charge in [0.05, 0.1) is 12.7 Å². The van der Waals surface area contributed by atoms with E-state index in [1.807, 2.05) is 38.1 Å². The van der Waals surface area contributed by atoms with E-state index in [2.05, 4.69) is 6.92 Å². The summed E-state index contributed by atoms with van der Waals surface area (Å²) in [5.41, 5.74) is 0.811. The normalized spacial score (nSPS) is 14.2. The molecule has 3 nitrogen and oxygen atoms in total. The third kappa shape index (κ3) is 4.00. The third-order valence-electron chi connectivity index (χ3n) is 2.84. The summed E-state index contributed by atoms with van der Waals surface area (Å²) in [6.45, 7) is 7.18. The van der Waals surface area contributed by atoms with Crippen molar-refractivity contribution in [3.63, 3.8) is 0 Å². The number of aliphatic hydroxyl groups excluding tert-OH is 1. The molecule has 0 spiro atoms. The Labute approximate surface area is 110 Å². The van der Waals surface area contributed by atoms with Crippen molar-refractivity contribution in [1.29, 1.82) is 0 Å². The summed E-state index contributed by atoms with van der Waals surface area (Å²) in [7, 11) is 0. The second kappa shape index (κ2) is 8.11. The third-order valence-corrected chi connectivity index (χ3v) is 2.84. The Morgan fingerprint density at radius 3 is 2.44 bits per heavy atom. The van der Waals surface area contributed by atoms with E-state index in [1.54, 1.807) is 0 Å². The van der Waals surface area contributed by atoms with Gasteiger partial charge in [0.1, 0.15) is 11.9 Å². The fourth-order valence-corrected chi connectivity index (χ4v) is 2.04. The molecule has 0 radical (unpaired) electrons. The number of ether oxygens (including phenoxy) is 2. The molecule has 2 unspecified atom stereocenters. The molecule has 0 fully saturated rings. The summed E-state index contributed by atoms with van der Waals surface area (Å²) in [6, 6.07) is 7.61. The maximum absolute atomic E-state index is 10.4. The zero-order chi connectivity index (χ0) is 13.4. The first kappa shape index (κ1) is 15.0. The predicted molar refractivity (Wildman–Crippen MR) is 72.9 cm³/mol. The van der Waals surface area contributed by atoms with E-state index in [-0.39, 0.29) is 6.10 Å². The summed E-state index contributed by atoms with van der Waals surface area (Å²) >= 11 is 0. The minimum Gasteiger partial charge on any atom is -0.493 e. The second-order valence-corrected chi connectivity index (χ2v) is 4.20. The van der Waals surface area contributed by atoms with Crippen molar-refractivity contribution >= 4 is 0 Å². The van der Waals surface area contributed by atoms with Crippen LogP contribution in [0.15, 0.2) is 24.3 Å². The lowest BCUT2D eigenvalue weighted by Gasteiger charge is -2.24. The Balaban J connectivity index is 2.88. The van der Waals surface area contributed by atoms with Gasteiger partial charge < -0.3 is 14.6 Å². The standard InChI is InChI=1S/C15H24O3/c1-4-9-14(18-6-3)15(16)12-10-7-8-11-13(12)17-5-2/h7-8,10-11,14-16H,4-6,9H2,1-3H3. The molecule has 3 heteroatoms. The second-order valence-electron chi connectivity index (χ2n) is 4.20. The van der Waals surface area contributed by atoms with E-state index in [0.29, 0.717) is 13.2 Å². The fraction of sp³-hybridized carbons (Fsp3) is 0.600. The summed E-state index contributed by atoms with van der Waals surface area (Å²) in [5, 5.41) is 10.4. The summed E-state index contributed by atoms with van der Waals surface area (Å²) in [5.74, 6) is 0.744. The minimum absolute atomic E-state index is 0.165. The van der Waals surface area contributed by atoms with Crippen molar-refractivity contribution < 1.29 is 14.6 Å². The molecule has 1 N–H and O–H groups in total. The van der Waals surface area contributed by atoms with E-state index in [4.69, 9.17) is 9.47 Å². The highest BCUT2D eigenvalue weighted by Crippen LogP contribution is 2.30. The molecule has 0 amide bonds. The monoisotopic (exact) mass is 252 g/mol. The van der Waals surface area contributed by atoms with Gasteiger partial charge in [-0.15, -0.1) is 0 Å². The van der Waals surface area contributed by atoms with Crippen LogP contribution in [0.25, 0.3) is 0 Å². The summed E-state index contributed by atoms with van der Waals surface area (Å²) in [6.07, 6.45) is 1.03. The fourth-order valence-electron chi connectivity index (χ4n) is 2.04. The van der Waals surface area contributed by atoms with Gasteiger partial charge in [-0.2, -0.15) is 0 Å². The SMILES string of the molecule is CCCC(OCC)C(O)c1ccccc1OCC. The molecule has 2 atom stereocenters. The molecule has 0 bridgehead atoms. The van der Waals surface area contributed by atoms with Crippen LogP contribution in [0.1, 0.15) is 45.3 Å². The number of hydrogen-bond donors (Lipinski definition) is 1. The Bertz CT molecular complexity index is 332. The number of aliphatic hydroxyl groups is 1. The highest BCUT2D eigenvalue weighted by molar-refractivity contribution is 5.35. The Hall–Kier alpha value is -1.06. The molecule has 0 aliphatic heterocycles. The van der Waals surface area contributed by atoms with E-state index >= 15 is 0 Å². The first-order valence-corrected chi connectivity index (χ1v) is 6.75. The molecule has 1 rings (SSSR count). The Morgan fingerprint density at radius 2 is 1.83 bits per heavy atom. The van der Waals surface area contributed by atoms with Crippen molar-refractivity contribution in [2.75, 3.05) is 13.2 Å². The summed E-state index contributed by atoms with van der Waals surface area (Å²) < 4.78 is 11.2. The maximum Gasteiger partial charge on any atom is 0.125 e. The van der Waals surface area contributed by atoms with Gasteiger partial charge in [-0.05, 0) is 26.3 Å². The van der Waals surface area contributed by atoms with Crippen LogP contribution >= 0.6 is 0 Å². The van der Waals surface area contributed by atoms with E-state index < -0.39 is 6.10 Å². The number of benzene rings is 1. The average Bonchev–Trinajstić information content (AvgIpc) is 2.39. The average molecular weight is 252 g/mol. The van der Waals surface area contributed by atoms with Gasteiger partial charge in [0.25, 0.3) is 0 Å². The van der Waals surface area contributed by atoms with Crippen LogP contribution in [-0.4, -0.2) is 24.4 Å². The zero-order valence-electron chi connectivity index (χ0n) is 11.6. The van der Waals surface area contributed by atoms with Crippen LogP contribution in [-0.2, 0) is 4.74 Å². The highest BCUT2D eigenvalue weighted by atomic mass is 16.5. The topological polar surface area (TPSA) is 38.7 Å². The summed E-state index contributed by atoms with van der Waals surface area (Å²) in [4.78, 5) is 0. The molecule has 0 aliphatic carbocycles. The van der Waals surface area contributed by atoms with Crippen molar-refractivity contribution in [1.82, 2.24) is 0 Å². The van der Waals surface area contributed by atoms with Gasteiger partial charge in [0.15, 0.2) is 0 Å². The van der Waals surface area contributed by atoms with Crippen molar-refractivity contribution in [2.24, 2.45) is 0 Å².